The molecule has 1 saturated carbocycles. The van der Waals surface area contributed by atoms with E-state index in [4.69, 9.17) is 0 Å². The molecule has 2 aliphatic rings. The summed E-state index contributed by atoms with van der Waals surface area (Å²) < 4.78 is 0. The molecule has 3 nitrogen and oxygen atoms in total. The minimum absolute atomic E-state index is 0.349. The highest BCUT2D eigenvalue weighted by molar-refractivity contribution is 5.08. The van der Waals surface area contributed by atoms with Gasteiger partial charge in [-0.2, -0.15) is 5.26 Å². The average Bonchev–Trinajstić information content (AvgIpc) is 3.17. The Morgan fingerprint density at radius 3 is 2.68 bits per heavy atom. The number of nitrogens with zero attached hydrogens (tertiary/aromatic N) is 2. The Bertz CT molecular complexity index is 331. The van der Waals surface area contributed by atoms with Gasteiger partial charge >= 0.3 is 0 Å². The molecule has 1 N–H and O–H groups in total. The van der Waals surface area contributed by atoms with Crippen LogP contribution in [0.4, 0.5) is 0 Å². The highest BCUT2D eigenvalue weighted by Crippen LogP contribution is 2.26. The summed E-state index contributed by atoms with van der Waals surface area (Å²) in [5.74, 6) is 0.865. The predicted octanol–water partition coefficient (Wildman–Crippen LogP) is 2.92. The molecular weight excluding hydrogens is 234 g/mol. The summed E-state index contributed by atoms with van der Waals surface area (Å²) in [6.45, 7) is 9.13. The van der Waals surface area contributed by atoms with E-state index in [1.807, 2.05) is 0 Å². The second kappa shape index (κ2) is 6.24. The SMILES string of the molecule is CC1CCCN(C(C)CC(C)(C#N)NC2CC2)CC1. The molecule has 0 radical (unpaired) electrons. The summed E-state index contributed by atoms with van der Waals surface area (Å²) in [4.78, 5) is 2.59. The van der Waals surface area contributed by atoms with Gasteiger partial charge in [-0.05, 0) is 71.4 Å². The third-order valence-electron chi connectivity index (χ3n) is 4.73. The van der Waals surface area contributed by atoms with Gasteiger partial charge in [0.2, 0.25) is 0 Å². The van der Waals surface area contributed by atoms with E-state index in [9.17, 15) is 5.26 Å². The van der Waals surface area contributed by atoms with Gasteiger partial charge in [0.05, 0.1) is 6.07 Å². The van der Waals surface area contributed by atoms with Gasteiger partial charge in [0.15, 0.2) is 0 Å². The van der Waals surface area contributed by atoms with Gasteiger partial charge < -0.3 is 4.90 Å². The van der Waals surface area contributed by atoms with Crippen molar-refractivity contribution < 1.29 is 0 Å². The van der Waals surface area contributed by atoms with E-state index in [0.29, 0.717) is 12.1 Å². The van der Waals surface area contributed by atoms with Crippen LogP contribution in [-0.2, 0) is 0 Å². The molecule has 0 bridgehead atoms. The van der Waals surface area contributed by atoms with Crippen molar-refractivity contribution in [2.45, 2.75) is 76.9 Å². The lowest BCUT2D eigenvalue weighted by molar-refractivity contribution is 0.180. The molecule has 0 aromatic carbocycles. The second-order valence-corrected chi connectivity index (χ2v) is 6.99. The van der Waals surface area contributed by atoms with E-state index in [1.165, 1.54) is 45.2 Å². The second-order valence-electron chi connectivity index (χ2n) is 6.99. The molecule has 1 aliphatic heterocycles. The first-order valence-corrected chi connectivity index (χ1v) is 7.95. The Balaban J connectivity index is 1.87. The molecule has 1 aliphatic carbocycles. The lowest BCUT2D eigenvalue weighted by Crippen LogP contribution is -2.48. The average molecular weight is 263 g/mol. The summed E-state index contributed by atoms with van der Waals surface area (Å²) in [7, 11) is 0. The van der Waals surface area contributed by atoms with E-state index in [0.717, 1.165) is 12.3 Å². The van der Waals surface area contributed by atoms with Crippen LogP contribution in [-0.4, -0.2) is 35.6 Å². The van der Waals surface area contributed by atoms with Crippen LogP contribution in [0.5, 0.6) is 0 Å². The first-order chi connectivity index (χ1) is 9.02. The number of nitrogens with one attached hydrogen (secondary N) is 1. The van der Waals surface area contributed by atoms with E-state index in [2.05, 4.69) is 37.1 Å². The molecule has 0 amide bonds. The largest absolute Gasteiger partial charge is 0.301 e. The van der Waals surface area contributed by atoms with Gasteiger partial charge in [-0.15, -0.1) is 0 Å². The fourth-order valence-corrected chi connectivity index (χ4v) is 3.26. The van der Waals surface area contributed by atoms with Gasteiger partial charge in [0.1, 0.15) is 5.54 Å². The summed E-state index contributed by atoms with van der Waals surface area (Å²) in [6.07, 6.45) is 7.40. The van der Waals surface area contributed by atoms with Crippen LogP contribution in [0, 0.1) is 17.2 Å². The quantitative estimate of drug-likeness (QED) is 0.829. The number of rotatable bonds is 5. The van der Waals surface area contributed by atoms with Crippen molar-refractivity contribution in [3.8, 4) is 6.07 Å². The van der Waals surface area contributed by atoms with E-state index in [-0.39, 0.29) is 5.54 Å². The zero-order valence-electron chi connectivity index (χ0n) is 12.8. The molecule has 3 unspecified atom stereocenters. The molecular formula is C16H29N3. The number of hydrogen-bond acceptors (Lipinski definition) is 3. The summed E-state index contributed by atoms with van der Waals surface area (Å²) in [5.41, 5.74) is -0.349. The topological polar surface area (TPSA) is 39.1 Å². The lowest BCUT2D eigenvalue weighted by Gasteiger charge is -2.33. The van der Waals surface area contributed by atoms with Crippen molar-refractivity contribution in [2.75, 3.05) is 13.1 Å². The Morgan fingerprint density at radius 2 is 2.05 bits per heavy atom. The van der Waals surface area contributed by atoms with Crippen LogP contribution < -0.4 is 5.32 Å². The normalized spacial score (nSPS) is 30.1. The van der Waals surface area contributed by atoms with Crippen molar-refractivity contribution in [3.63, 3.8) is 0 Å². The minimum atomic E-state index is -0.349. The van der Waals surface area contributed by atoms with Crippen LogP contribution >= 0.6 is 0 Å². The maximum Gasteiger partial charge on any atom is 0.105 e. The first-order valence-electron chi connectivity index (χ1n) is 7.95. The molecule has 3 heteroatoms. The first kappa shape index (κ1) is 14.8. The molecule has 0 spiro atoms. The Hall–Kier alpha value is -0.590. The fourth-order valence-electron chi connectivity index (χ4n) is 3.26. The van der Waals surface area contributed by atoms with E-state index >= 15 is 0 Å². The van der Waals surface area contributed by atoms with Crippen LogP contribution in [0.15, 0.2) is 0 Å². The Morgan fingerprint density at radius 1 is 1.32 bits per heavy atom. The van der Waals surface area contributed by atoms with Gasteiger partial charge in [-0.3, -0.25) is 5.32 Å². The molecule has 3 atom stereocenters. The van der Waals surface area contributed by atoms with Crippen molar-refractivity contribution in [3.05, 3.63) is 0 Å². The standard InChI is InChI=1S/C16H29N3/c1-13-5-4-9-19(10-8-13)14(2)11-16(3,12-17)18-15-6-7-15/h13-15,18H,4-11H2,1-3H3. The van der Waals surface area contributed by atoms with Crippen LogP contribution in [0.1, 0.15) is 59.3 Å². The van der Waals surface area contributed by atoms with Crippen molar-refractivity contribution in [1.29, 1.82) is 5.26 Å². The maximum atomic E-state index is 9.48. The van der Waals surface area contributed by atoms with Crippen LogP contribution in [0.2, 0.25) is 0 Å². The monoisotopic (exact) mass is 263 g/mol. The molecule has 1 heterocycles. The third kappa shape index (κ3) is 4.47. The summed E-state index contributed by atoms with van der Waals surface area (Å²) in [5, 5.41) is 13.0. The van der Waals surface area contributed by atoms with Crippen LogP contribution in [0.25, 0.3) is 0 Å². The lowest BCUT2D eigenvalue weighted by atomic mass is 9.94. The number of likely N-dealkylation sites (tertiary alicyclic amines) is 1. The smallest absolute Gasteiger partial charge is 0.105 e. The molecule has 0 aromatic rings. The van der Waals surface area contributed by atoms with E-state index < -0.39 is 0 Å². The summed E-state index contributed by atoms with van der Waals surface area (Å²) in [6, 6.07) is 3.61. The molecule has 19 heavy (non-hydrogen) atoms. The Labute approximate surface area is 118 Å². The molecule has 2 fully saturated rings. The van der Waals surface area contributed by atoms with Gasteiger partial charge in [0.25, 0.3) is 0 Å². The molecule has 2 rings (SSSR count). The maximum absolute atomic E-state index is 9.48. The number of nitriles is 1. The zero-order chi connectivity index (χ0) is 13.9. The van der Waals surface area contributed by atoms with Crippen LogP contribution in [0.3, 0.4) is 0 Å². The molecule has 0 aromatic heterocycles. The summed E-state index contributed by atoms with van der Waals surface area (Å²) >= 11 is 0. The van der Waals surface area contributed by atoms with Gasteiger partial charge in [-0.25, -0.2) is 0 Å². The molecule has 1 saturated heterocycles. The van der Waals surface area contributed by atoms with Crippen molar-refractivity contribution in [2.24, 2.45) is 5.92 Å². The van der Waals surface area contributed by atoms with Crippen molar-refractivity contribution >= 4 is 0 Å². The van der Waals surface area contributed by atoms with Crippen molar-refractivity contribution in [1.82, 2.24) is 10.2 Å². The van der Waals surface area contributed by atoms with Gasteiger partial charge in [0, 0.05) is 12.1 Å². The minimum Gasteiger partial charge on any atom is -0.301 e. The molecule has 108 valence electrons. The highest BCUT2D eigenvalue weighted by Gasteiger charge is 2.34. The van der Waals surface area contributed by atoms with E-state index in [1.54, 1.807) is 0 Å². The van der Waals surface area contributed by atoms with Gasteiger partial charge in [-0.1, -0.05) is 6.92 Å². The fraction of sp³-hybridized carbons (Fsp3) is 0.938. The third-order valence-corrected chi connectivity index (χ3v) is 4.73. The highest BCUT2D eigenvalue weighted by atomic mass is 15.2. The Kier molecular flexibility index (Phi) is 4.86. The number of hydrogen-bond donors (Lipinski definition) is 1. The predicted molar refractivity (Wildman–Crippen MR) is 78.8 cm³/mol. The zero-order valence-corrected chi connectivity index (χ0v) is 12.8.